The van der Waals surface area contributed by atoms with Crippen LogP contribution in [0.2, 0.25) is 5.02 Å². The number of carbonyl (C=O) groups excluding carboxylic acids is 1. The molecule has 0 bridgehead atoms. The molecule has 0 aliphatic carbocycles. The summed E-state index contributed by atoms with van der Waals surface area (Å²) in [6.45, 7) is 1.30. The van der Waals surface area contributed by atoms with E-state index in [0.29, 0.717) is 24.9 Å². The summed E-state index contributed by atoms with van der Waals surface area (Å²) < 4.78 is 0. The van der Waals surface area contributed by atoms with Gasteiger partial charge in [0, 0.05) is 41.7 Å². The summed E-state index contributed by atoms with van der Waals surface area (Å²) in [4.78, 5) is 24.3. The fourth-order valence-electron chi connectivity index (χ4n) is 2.39. The molecule has 1 aliphatic rings. The number of hydrogen-bond donors (Lipinski definition) is 0. The van der Waals surface area contributed by atoms with Gasteiger partial charge in [0.15, 0.2) is 0 Å². The van der Waals surface area contributed by atoms with Gasteiger partial charge in [-0.05, 0) is 24.8 Å². The second-order valence-corrected chi connectivity index (χ2v) is 5.65. The zero-order chi connectivity index (χ0) is 14.7. The number of benzene rings is 1. The van der Waals surface area contributed by atoms with E-state index >= 15 is 0 Å². The molecule has 7 heteroatoms. The van der Waals surface area contributed by atoms with Gasteiger partial charge in [0.2, 0.25) is 0 Å². The van der Waals surface area contributed by atoms with Crippen molar-refractivity contribution < 1.29 is 9.72 Å². The zero-order valence-corrected chi connectivity index (χ0v) is 12.2. The maximum absolute atomic E-state index is 12.3. The van der Waals surface area contributed by atoms with Crippen LogP contribution in [0.15, 0.2) is 18.2 Å². The molecule has 0 saturated carbocycles. The number of likely N-dealkylation sites (tertiary alicyclic amines) is 1. The lowest BCUT2D eigenvalue weighted by Gasteiger charge is -2.16. The molecule has 1 amide bonds. The number of nitro groups is 1. The molecule has 0 spiro atoms. The van der Waals surface area contributed by atoms with Crippen molar-refractivity contribution in [2.24, 2.45) is 5.92 Å². The third kappa shape index (κ3) is 3.41. The topological polar surface area (TPSA) is 63.4 Å². The Kier molecular flexibility index (Phi) is 4.83. The maximum Gasteiger partial charge on any atom is 0.271 e. The number of alkyl halides is 1. The van der Waals surface area contributed by atoms with E-state index in [2.05, 4.69) is 0 Å². The lowest BCUT2D eigenvalue weighted by atomic mass is 10.1. The average molecular weight is 317 g/mol. The van der Waals surface area contributed by atoms with Crippen LogP contribution < -0.4 is 0 Å². The lowest BCUT2D eigenvalue weighted by molar-refractivity contribution is -0.384. The first kappa shape index (κ1) is 15.1. The SMILES string of the molecule is O=C(c1cc(Cl)cc([N+](=O)[O-])c1)N1CCC(CCCl)C1. The summed E-state index contributed by atoms with van der Waals surface area (Å²) in [5, 5.41) is 11.0. The fraction of sp³-hybridized carbons (Fsp3) is 0.462. The Hall–Kier alpha value is -1.33. The minimum Gasteiger partial charge on any atom is -0.338 e. The molecule has 2 rings (SSSR count). The summed E-state index contributed by atoms with van der Waals surface area (Å²) in [5.74, 6) is 0.772. The molecule has 108 valence electrons. The number of nitro benzene ring substituents is 1. The van der Waals surface area contributed by atoms with Crippen molar-refractivity contribution in [3.05, 3.63) is 38.9 Å². The highest BCUT2D eigenvalue weighted by Gasteiger charge is 2.27. The number of nitrogens with zero attached hydrogens (tertiary/aromatic N) is 2. The van der Waals surface area contributed by atoms with Gasteiger partial charge < -0.3 is 4.90 Å². The number of carbonyl (C=O) groups is 1. The molecule has 20 heavy (non-hydrogen) atoms. The molecular formula is C13H14Cl2N2O3. The van der Waals surface area contributed by atoms with E-state index in [1.807, 2.05) is 0 Å². The molecule has 5 nitrogen and oxygen atoms in total. The van der Waals surface area contributed by atoms with Gasteiger partial charge in [-0.25, -0.2) is 0 Å². The lowest BCUT2D eigenvalue weighted by Crippen LogP contribution is -2.28. The molecule has 1 fully saturated rings. The van der Waals surface area contributed by atoms with Crippen LogP contribution in [-0.2, 0) is 0 Å². The molecule has 0 N–H and O–H groups in total. The van der Waals surface area contributed by atoms with Crippen molar-refractivity contribution in [3.8, 4) is 0 Å². The normalized spacial score (nSPS) is 18.3. The second kappa shape index (κ2) is 6.41. The fourth-order valence-corrected chi connectivity index (χ4v) is 2.93. The van der Waals surface area contributed by atoms with Crippen LogP contribution in [0.25, 0.3) is 0 Å². The Bertz CT molecular complexity index is 536. The Morgan fingerprint density at radius 3 is 2.85 bits per heavy atom. The number of halogens is 2. The first-order valence-electron chi connectivity index (χ1n) is 6.31. The molecular weight excluding hydrogens is 303 g/mol. The molecule has 1 unspecified atom stereocenters. The average Bonchev–Trinajstić information content (AvgIpc) is 2.86. The van der Waals surface area contributed by atoms with Gasteiger partial charge in [0.05, 0.1) is 4.92 Å². The molecule has 1 aromatic carbocycles. The quantitative estimate of drug-likeness (QED) is 0.486. The van der Waals surface area contributed by atoms with Gasteiger partial charge in [-0.2, -0.15) is 0 Å². The Morgan fingerprint density at radius 2 is 2.20 bits per heavy atom. The summed E-state index contributed by atoms with van der Waals surface area (Å²) in [6, 6.07) is 3.97. The highest BCUT2D eigenvalue weighted by Crippen LogP contribution is 2.25. The monoisotopic (exact) mass is 316 g/mol. The van der Waals surface area contributed by atoms with Gasteiger partial charge in [0.1, 0.15) is 0 Å². The molecule has 1 aromatic rings. The van der Waals surface area contributed by atoms with Crippen molar-refractivity contribution in [2.45, 2.75) is 12.8 Å². The van der Waals surface area contributed by atoms with E-state index in [0.717, 1.165) is 12.8 Å². The summed E-state index contributed by atoms with van der Waals surface area (Å²) in [6.07, 6.45) is 1.79. The van der Waals surface area contributed by atoms with Crippen LogP contribution >= 0.6 is 23.2 Å². The highest BCUT2D eigenvalue weighted by molar-refractivity contribution is 6.31. The molecule has 0 radical (unpaired) electrons. The number of rotatable bonds is 4. The van der Waals surface area contributed by atoms with Crippen molar-refractivity contribution >= 4 is 34.8 Å². The predicted molar refractivity (Wildman–Crippen MR) is 77.5 cm³/mol. The molecule has 1 heterocycles. The zero-order valence-electron chi connectivity index (χ0n) is 10.7. The van der Waals surface area contributed by atoms with E-state index in [1.54, 1.807) is 4.90 Å². The Labute approximate surface area is 126 Å². The minimum absolute atomic E-state index is 0.169. The van der Waals surface area contributed by atoms with E-state index in [9.17, 15) is 14.9 Å². The van der Waals surface area contributed by atoms with E-state index in [-0.39, 0.29) is 22.2 Å². The van der Waals surface area contributed by atoms with Crippen LogP contribution in [0, 0.1) is 16.0 Å². The molecule has 0 aromatic heterocycles. The molecule has 1 aliphatic heterocycles. The number of hydrogen-bond acceptors (Lipinski definition) is 3. The maximum atomic E-state index is 12.3. The van der Waals surface area contributed by atoms with Crippen LogP contribution in [-0.4, -0.2) is 34.7 Å². The molecule has 1 saturated heterocycles. The Morgan fingerprint density at radius 1 is 1.45 bits per heavy atom. The highest BCUT2D eigenvalue weighted by atomic mass is 35.5. The van der Waals surface area contributed by atoms with Crippen molar-refractivity contribution in [2.75, 3.05) is 19.0 Å². The van der Waals surface area contributed by atoms with Gasteiger partial charge in [-0.1, -0.05) is 11.6 Å². The summed E-state index contributed by atoms with van der Waals surface area (Å²) in [7, 11) is 0. The van der Waals surface area contributed by atoms with Gasteiger partial charge in [0.25, 0.3) is 11.6 Å². The largest absolute Gasteiger partial charge is 0.338 e. The standard InChI is InChI=1S/C13H14Cl2N2O3/c14-3-1-9-2-4-16(8-9)13(18)10-5-11(15)7-12(6-10)17(19)20/h5-7,9H,1-4,8H2. The first-order valence-corrected chi connectivity index (χ1v) is 7.22. The van der Waals surface area contributed by atoms with Crippen molar-refractivity contribution in [1.29, 1.82) is 0 Å². The third-order valence-corrected chi connectivity index (χ3v) is 3.87. The van der Waals surface area contributed by atoms with Gasteiger partial charge in [-0.15, -0.1) is 11.6 Å². The van der Waals surface area contributed by atoms with Crippen LogP contribution in [0.1, 0.15) is 23.2 Å². The van der Waals surface area contributed by atoms with Crippen molar-refractivity contribution in [1.82, 2.24) is 4.90 Å². The second-order valence-electron chi connectivity index (χ2n) is 4.84. The number of non-ortho nitro benzene ring substituents is 1. The smallest absolute Gasteiger partial charge is 0.271 e. The van der Waals surface area contributed by atoms with Crippen molar-refractivity contribution in [3.63, 3.8) is 0 Å². The third-order valence-electron chi connectivity index (χ3n) is 3.43. The van der Waals surface area contributed by atoms with Gasteiger partial charge in [-0.3, -0.25) is 14.9 Å². The van der Waals surface area contributed by atoms with E-state index < -0.39 is 4.92 Å². The van der Waals surface area contributed by atoms with E-state index in [4.69, 9.17) is 23.2 Å². The molecule has 1 atom stereocenters. The summed E-state index contributed by atoms with van der Waals surface area (Å²) >= 11 is 11.5. The van der Waals surface area contributed by atoms with Crippen LogP contribution in [0.3, 0.4) is 0 Å². The first-order chi connectivity index (χ1) is 9.51. The van der Waals surface area contributed by atoms with E-state index in [1.165, 1.54) is 18.2 Å². The van der Waals surface area contributed by atoms with Gasteiger partial charge >= 0.3 is 0 Å². The summed E-state index contributed by atoms with van der Waals surface area (Å²) in [5.41, 5.74) is 0.0908. The number of amides is 1. The minimum atomic E-state index is -0.553. The Balaban J connectivity index is 2.15. The predicted octanol–water partition coefficient (Wildman–Crippen LogP) is 3.34. The van der Waals surface area contributed by atoms with Crippen LogP contribution in [0.5, 0.6) is 0 Å². The van der Waals surface area contributed by atoms with Crippen LogP contribution in [0.4, 0.5) is 5.69 Å².